The standard InChI is InChI=1S/C11H17N3O/c1-2-13-8-6-9(12)11-10(7-8)15-5-3-4-14-11/h6-7,13-14H,2-5,12H2,1H3. The van der Waals surface area contributed by atoms with Crippen molar-refractivity contribution >= 4 is 17.1 Å². The molecule has 0 fully saturated rings. The summed E-state index contributed by atoms with van der Waals surface area (Å²) in [4.78, 5) is 0. The van der Waals surface area contributed by atoms with Crippen molar-refractivity contribution in [2.24, 2.45) is 0 Å². The van der Waals surface area contributed by atoms with Crippen molar-refractivity contribution in [2.45, 2.75) is 13.3 Å². The Morgan fingerprint density at radius 1 is 1.53 bits per heavy atom. The van der Waals surface area contributed by atoms with Gasteiger partial charge in [0.25, 0.3) is 0 Å². The van der Waals surface area contributed by atoms with Gasteiger partial charge in [-0.3, -0.25) is 0 Å². The first kappa shape index (κ1) is 9.96. The van der Waals surface area contributed by atoms with Crippen LogP contribution in [0.5, 0.6) is 5.75 Å². The van der Waals surface area contributed by atoms with E-state index in [1.165, 1.54) is 0 Å². The number of hydrogen-bond donors (Lipinski definition) is 3. The first-order valence-corrected chi connectivity index (χ1v) is 5.35. The van der Waals surface area contributed by atoms with Gasteiger partial charge in [0.1, 0.15) is 11.4 Å². The maximum Gasteiger partial charge on any atom is 0.146 e. The summed E-state index contributed by atoms with van der Waals surface area (Å²) in [6, 6.07) is 3.93. The lowest BCUT2D eigenvalue weighted by Crippen LogP contribution is -2.03. The normalized spacial score (nSPS) is 14.5. The molecule has 1 aromatic carbocycles. The maximum atomic E-state index is 5.96. The molecule has 1 heterocycles. The number of nitrogens with two attached hydrogens (primary N) is 1. The molecule has 1 aromatic rings. The number of nitrogens with one attached hydrogen (secondary N) is 2. The van der Waals surface area contributed by atoms with E-state index in [4.69, 9.17) is 10.5 Å². The van der Waals surface area contributed by atoms with Gasteiger partial charge in [0.2, 0.25) is 0 Å². The first-order valence-electron chi connectivity index (χ1n) is 5.35. The Kier molecular flexibility index (Phi) is 2.85. The maximum absolute atomic E-state index is 5.96. The highest BCUT2D eigenvalue weighted by Gasteiger charge is 2.12. The van der Waals surface area contributed by atoms with Gasteiger partial charge in [-0.15, -0.1) is 0 Å². The topological polar surface area (TPSA) is 59.3 Å². The van der Waals surface area contributed by atoms with Crippen LogP contribution in [0.25, 0.3) is 0 Å². The van der Waals surface area contributed by atoms with Gasteiger partial charge in [-0.05, 0) is 19.4 Å². The second kappa shape index (κ2) is 4.29. The average Bonchev–Trinajstić information content (AvgIpc) is 2.43. The molecular weight excluding hydrogens is 190 g/mol. The number of benzene rings is 1. The Balaban J connectivity index is 2.35. The molecule has 0 spiro atoms. The van der Waals surface area contributed by atoms with E-state index in [2.05, 4.69) is 17.6 Å². The summed E-state index contributed by atoms with van der Waals surface area (Å²) >= 11 is 0. The van der Waals surface area contributed by atoms with Crippen molar-refractivity contribution in [1.29, 1.82) is 0 Å². The van der Waals surface area contributed by atoms with Crippen LogP contribution >= 0.6 is 0 Å². The van der Waals surface area contributed by atoms with Crippen LogP contribution in [0.4, 0.5) is 17.1 Å². The smallest absolute Gasteiger partial charge is 0.146 e. The lowest BCUT2D eigenvalue weighted by atomic mass is 10.2. The Morgan fingerprint density at radius 2 is 2.40 bits per heavy atom. The molecule has 2 rings (SSSR count). The summed E-state index contributed by atoms with van der Waals surface area (Å²) in [6.07, 6.45) is 1.00. The number of anilines is 3. The van der Waals surface area contributed by atoms with E-state index in [1.54, 1.807) is 0 Å². The highest BCUT2D eigenvalue weighted by Crippen LogP contribution is 2.35. The van der Waals surface area contributed by atoms with E-state index >= 15 is 0 Å². The third-order valence-corrected chi connectivity index (χ3v) is 2.39. The summed E-state index contributed by atoms with van der Waals surface area (Å²) in [5, 5.41) is 6.52. The molecule has 0 saturated carbocycles. The Bertz CT molecular complexity index is 352. The van der Waals surface area contributed by atoms with Crippen molar-refractivity contribution in [2.75, 3.05) is 36.1 Å². The Morgan fingerprint density at radius 3 is 3.20 bits per heavy atom. The molecule has 0 bridgehead atoms. The number of fused-ring (bicyclic) bond motifs is 1. The third-order valence-electron chi connectivity index (χ3n) is 2.39. The van der Waals surface area contributed by atoms with Crippen molar-refractivity contribution in [3.05, 3.63) is 12.1 Å². The minimum Gasteiger partial charge on any atom is -0.491 e. The van der Waals surface area contributed by atoms with Crippen LogP contribution in [0.1, 0.15) is 13.3 Å². The fraction of sp³-hybridized carbons (Fsp3) is 0.455. The summed E-state index contributed by atoms with van der Waals surface area (Å²) in [7, 11) is 0. The minimum atomic E-state index is 0.741. The molecule has 82 valence electrons. The fourth-order valence-corrected chi connectivity index (χ4v) is 1.71. The first-order chi connectivity index (χ1) is 7.31. The predicted octanol–water partition coefficient (Wildman–Crippen LogP) is 1.90. The molecule has 15 heavy (non-hydrogen) atoms. The number of hydrogen-bond acceptors (Lipinski definition) is 4. The summed E-state index contributed by atoms with van der Waals surface area (Å²) < 4.78 is 5.63. The molecule has 0 aromatic heterocycles. The predicted molar refractivity (Wildman–Crippen MR) is 63.6 cm³/mol. The van der Waals surface area contributed by atoms with Gasteiger partial charge in [-0.1, -0.05) is 0 Å². The van der Waals surface area contributed by atoms with Crippen LogP contribution in [0.3, 0.4) is 0 Å². The van der Waals surface area contributed by atoms with Gasteiger partial charge >= 0.3 is 0 Å². The van der Waals surface area contributed by atoms with Crippen LogP contribution in [-0.4, -0.2) is 19.7 Å². The Hall–Kier alpha value is -1.58. The van der Waals surface area contributed by atoms with E-state index in [1.807, 2.05) is 12.1 Å². The van der Waals surface area contributed by atoms with E-state index in [-0.39, 0.29) is 0 Å². The van der Waals surface area contributed by atoms with Crippen LogP contribution < -0.4 is 21.1 Å². The molecule has 0 amide bonds. The van der Waals surface area contributed by atoms with E-state index in [9.17, 15) is 0 Å². The molecule has 0 atom stereocenters. The number of rotatable bonds is 2. The number of nitrogen functional groups attached to an aromatic ring is 1. The van der Waals surface area contributed by atoms with Crippen LogP contribution in [-0.2, 0) is 0 Å². The zero-order valence-electron chi connectivity index (χ0n) is 8.97. The summed E-state index contributed by atoms with van der Waals surface area (Å²) in [6.45, 7) is 4.60. The van der Waals surface area contributed by atoms with Gasteiger partial charge in [-0.2, -0.15) is 0 Å². The molecule has 1 aliphatic rings. The molecule has 0 saturated heterocycles. The average molecular weight is 207 g/mol. The highest BCUT2D eigenvalue weighted by molar-refractivity contribution is 5.78. The monoisotopic (exact) mass is 207 g/mol. The minimum absolute atomic E-state index is 0.741. The van der Waals surface area contributed by atoms with Gasteiger partial charge in [0, 0.05) is 24.8 Å². The second-order valence-corrected chi connectivity index (χ2v) is 3.60. The van der Waals surface area contributed by atoms with Gasteiger partial charge < -0.3 is 21.1 Å². The molecule has 4 N–H and O–H groups in total. The Labute approximate surface area is 89.8 Å². The van der Waals surface area contributed by atoms with E-state index < -0.39 is 0 Å². The van der Waals surface area contributed by atoms with E-state index in [0.717, 1.165) is 48.9 Å². The lowest BCUT2D eigenvalue weighted by molar-refractivity contribution is 0.323. The van der Waals surface area contributed by atoms with Crippen LogP contribution in [0.15, 0.2) is 12.1 Å². The zero-order valence-corrected chi connectivity index (χ0v) is 8.97. The van der Waals surface area contributed by atoms with Gasteiger partial charge in [0.05, 0.1) is 12.3 Å². The molecule has 1 aliphatic heterocycles. The van der Waals surface area contributed by atoms with Crippen LogP contribution in [0.2, 0.25) is 0 Å². The van der Waals surface area contributed by atoms with Crippen molar-refractivity contribution in [1.82, 2.24) is 0 Å². The summed E-state index contributed by atoms with van der Waals surface area (Å²) in [5.41, 5.74) is 8.64. The van der Waals surface area contributed by atoms with Crippen molar-refractivity contribution in [3.63, 3.8) is 0 Å². The van der Waals surface area contributed by atoms with Gasteiger partial charge in [0.15, 0.2) is 0 Å². The molecule has 4 heteroatoms. The second-order valence-electron chi connectivity index (χ2n) is 3.60. The fourth-order valence-electron chi connectivity index (χ4n) is 1.71. The van der Waals surface area contributed by atoms with Crippen molar-refractivity contribution in [3.8, 4) is 5.75 Å². The molecule has 0 aliphatic carbocycles. The van der Waals surface area contributed by atoms with Crippen molar-refractivity contribution < 1.29 is 4.74 Å². The summed E-state index contributed by atoms with van der Waals surface area (Å²) in [5.74, 6) is 0.850. The highest BCUT2D eigenvalue weighted by atomic mass is 16.5. The van der Waals surface area contributed by atoms with Crippen LogP contribution in [0, 0.1) is 0 Å². The third kappa shape index (κ3) is 2.09. The van der Waals surface area contributed by atoms with Gasteiger partial charge in [-0.25, -0.2) is 0 Å². The molecule has 0 radical (unpaired) electrons. The number of ether oxygens (including phenoxy) is 1. The largest absolute Gasteiger partial charge is 0.491 e. The van der Waals surface area contributed by atoms with E-state index in [0.29, 0.717) is 0 Å². The molecule has 4 nitrogen and oxygen atoms in total. The quantitative estimate of drug-likeness (QED) is 0.648. The lowest BCUT2D eigenvalue weighted by Gasteiger charge is -2.13. The molecular formula is C11H17N3O. The SMILES string of the molecule is CCNc1cc(N)c2c(c1)OCCCN2. The molecule has 0 unspecified atom stereocenters. The zero-order chi connectivity index (χ0) is 10.7.